The minimum absolute atomic E-state index is 0.140. The fourth-order valence-corrected chi connectivity index (χ4v) is 4.23. The predicted octanol–water partition coefficient (Wildman–Crippen LogP) is 1.81. The molecule has 0 radical (unpaired) electrons. The summed E-state index contributed by atoms with van der Waals surface area (Å²) in [6.45, 7) is 5.44. The SMILES string of the molecule is CC(C)(O)COc1cc(-c2ccc(N3C[C@@H]4C(N)[C@@H]4C3)nc2)c2c(C#N)cnn2c1. The Labute approximate surface area is 174 Å². The maximum atomic E-state index is 9.98. The number of fused-ring (bicyclic) bond motifs is 2. The molecule has 1 aliphatic heterocycles. The second-order valence-corrected chi connectivity index (χ2v) is 8.87. The summed E-state index contributed by atoms with van der Waals surface area (Å²) < 4.78 is 7.42. The molecule has 3 aromatic heterocycles. The van der Waals surface area contributed by atoms with Crippen molar-refractivity contribution in [2.75, 3.05) is 24.6 Å². The lowest BCUT2D eigenvalue weighted by Crippen LogP contribution is -2.28. The molecular formula is C22H24N6O2. The number of hydrogen-bond acceptors (Lipinski definition) is 7. The van der Waals surface area contributed by atoms with E-state index in [1.807, 2.05) is 24.4 Å². The van der Waals surface area contributed by atoms with Gasteiger partial charge in [0.1, 0.15) is 24.2 Å². The number of nitriles is 1. The summed E-state index contributed by atoms with van der Waals surface area (Å²) in [7, 11) is 0. The third-order valence-electron chi connectivity index (χ3n) is 5.94. The summed E-state index contributed by atoms with van der Waals surface area (Å²) in [6.07, 6.45) is 5.08. The molecular weight excluding hydrogens is 380 g/mol. The van der Waals surface area contributed by atoms with E-state index >= 15 is 0 Å². The van der Waals surface area contributed by atoms with Crippen LogP contribution in [0.15, 0.2) is 36.8 Å². The van der Waals surface area contributed by atoms with Crippen molar-refractivity contribution in [3.8, 4) is 22.9 Å². The van der Waals surface area contributed by atoms with Crippen molar-refractivity contribution in [3.05, 3.63) is 42.4 Å². The van der Waals surface area contributed by atoms with Crippen molar-refractivity contribution in [3.63, 3.8) is 0 Å². The number of aromatic nitrogens is 3. The highest BCUT2D eigenvalue weighted by molar-refractivity contribution is 5.85. The van der Waals surface area contributed by atoms with Gasteiger partial charge in [0.15, 0.2) is 0 Å². The number of ether oxygens (including phenoxy) is 1. The quantitative estimate of drug-likeness (QED) is 0.667. The number of nitrogens with zero attached hydrogens (tertiary/aromatic N) is 5. The van der Waals surface area contributed by atoms with Gasteiger partial charge in [-0.3, -0.25) is 0 Å². The molecule has 0 bridgehead atoms. The zero-order valence-corrected chi connectivity index (χ0v) is 17.0. The minimum Gasteiger partial charge on any atom is -0.489 e. The van der Waals surface area contributed by atoms with Crippen LogP contribution in [0.1, 0.15) is 19.4 Å². The molecule has 5 rings (SSSR count). The van der Waals surface area contributed by atoms with Crippen LogP contribution in [-0.4, -0.2) is 51.0 Å². The molecule has 3 aromatic rings. The molecule has 3 N–H and O–H groups in total. The number of anilines is 1. The number of pyridine rings is 2. The molecule has 1 unspecified atom stereocenters. The van der Waals surface area contributed by atoms with Crippen LogP contribution in [-0.2, 0) is 0 Å². The van der Waals surface area contributed by atoms with Crippen LogP contribution in [0, 0.1) is 23.2 Å². The van der Waals surface area contributed by atoms with E-state index in [4.69, 9.17) is 10.5 Å². The molecule has 0 amide bonds. The average molecular weight is 404 g/mol. The maximum absolute atomic E-state index is 9.98. The molecule has 1 saturated heterocycles. The van der Waals surface area contributed by atoms with Crippen LogP contribution in [0.25, 0.3) is 16.6 Å². The number of piperidine rings is 1. The topological polar surface area (TPSA) is 113 Å². The van der Waals surface area contributed by atoms with Crippen molar-refractivity contribution in [2.45, 2.75) is 25.5 Å². The van der Waals surface area contributed by atoms with E-state index in [1.165, 1.54) is 0 Å². The van der Waals surface area contributed by atoms with E-state index in [1.54, 1.807) is 30.8 Å². The second kappa shape index (κ2) is 6.69. The Morgan fingerprint density at radius 2 is 2.07 bits per heavy atom. The van der Waals surface area contributed by atoms with Crippen molar-refractivity contribution >= 4 is 11.3 Å². The fraction of sp³-hybridized carbons (Fsp3) is 0.409. The summed E-state index contributed by atoms with van der Waals surface area (Å²) in [5.74, 6) is 2.70. The molecule has 30 heavy (non-hydrogen) atoms. The van der Waals surface area contributed by atoms with Gasteiger partial charge in [0.05, 0.1) is 29.1 Å². The highest BCUT2D eigenvalue weighted by Crippen LogP contribution is 2.45. The van der Waals surface area contributed by atoms with E-state index in [2.05, 4.69) is 21.1 Å². The summed E-state index contributed by atoms with van der Waals surface area (Å²) >= 11 is 0. The lowest BCUT2D eigenvalue weighted by Gasteiger charge is -2.20. The number of nitrogens with two attached hydrogens (primary N) is 1. The molecule has 8 heteroatoms. The Morgan fingerprint density at radius 1 is 1.30 bits per heavy atom. The number of rotatable bonds is 5. The first-order valence-electron chi connectivity index (χ1n) is 10.1. The molecule has 8 nitrogen and oxygen atoms in total. The van der Waals surface area contributed by atoms with Crippen LogP contribution >= 0.6 is 0 Å². The first kappa shape index (κ1) is 18.9. The van der Waals surface area contributed by atoms with Gasteiger partial charge in [0, 0.05) is 36.5 Å². The Kier molecular flexibility index (Phi) is 4.20. The van der Waals surface area contributed by atoms with E-state index in [0.717, 1.165) is 30.0 Å². The van der Waals surface area contributed by atoms with Crippen LogP contribution in [0.4, 0.5) is 5.82 Å². The van der Waals surface area contributed by atoms with Gasteiger partial charge in [-0.25, -0.2) is 9.50 Å². The summed E-state index contributed by atoms with van der Waals surface area (Å²) in [6, 6.07) is 8.44. The first-order valence-corrected chi connectivity index (χ1v) is 10.1. The van der Waals surface area contributed by atoms with Gasteiger partial charge >= 0.3 is 0 Å². The molecule has 2 fully saturated rings. The van der Waals surface area contributed by atoms with E-state index in [-0.39, 0.29) is 6.61 Å². The van der Waals surface area contributed by atoms with Gasteiger partial charge < -0.3 is 20.5 Å². The summed E-state index contributed by atoms with van der Waals surface area (Å²) in [5, 5.41) is 23.8. The number of aliphatic hydroxyl groups is 1. The molecule has 3 atom stereocenters. The van der Waals surface area contributed by atoms with Crippen LogP contribution in [0.5, 0.6) is 5.75 Å². The monoisotopic (exact) mass is 404 g/mol. The van der Waals surface area contributed by atoms with E-state index in [0.29, 0.717) is 34.7 Å². The molecule has 0 spiro atoms. The van der Waals surface area contributed by atoms with Gasteiger partial charge in [0.25, 0.3) is 0 Å². The van der Waals surface area contributed by atoms with Crippen molar-refractivity contribution in [1.82, 2.24) is 14.6 Å². The highest BCUT2D eigenvalue weighted by atomic mass is 16.5. The Bertz CT molecular complexity index is 1130. The zero-order chi connectivity index (χ0) is 21.0. The Hall–Kier alpha value is -3.15. The first-order chi connectivity index (χ1) is 14.3. The van der Waals surface area contributed by atoms with E-state index < -0.39 is 5.60 Å². The molecule has 1 saturated carbocycles. The van der Waals surface area contributed by atoms with Crippen molar-refractivity contribution in [2.24, 2.45) is 17.6 Å². The van der Waals surface area contributed by atoms with Crippen LogP contribution in [0.2, 0.25) is 0 Å². The van der Waals surface area contributed by atoms with Crippen molar-refractivity contribution < 1.29 is 9.84 Å². The molecule has 1 aliphatic carbocycles. The lowest BCUT2D eigenvalue weighted by molar-refractivity contribution is 0.0283. The Morgan fingerprint density at radius 3 is 2.70 bits per heavy atom. The minimum atomic E-state index is -0.959. The second-order valence-electron chi connectivity index (χ2n) is 8.87. The predicted molar refractivity (Wildman–Crippen MR) is 112 cm³/mol. The fourth-order valence-electron chi connectivity index (χ4n) is 4.23. The van der Waals surface area contributed by atoms with Gasteiger partial charge in [-0.1, -0.05) is 0 Å². The molecule has 154 valence electrons. The van der Waals surface area contributed by atoms with Crippen molar-refractivity contribution in [1.29, 1.82) is 5.26 Å². The summed E-state index contributed by atoms with van der Waals surface area (Å²) in [4.78, 5) is 6.95. The maximum Gasteiger partial charge on any atom is 0.138 e. The molecule has 2 aliphatic rings. The third-order valence-corrected chi connectivity index (χ3v) is 5.94. The molecule has 4 heterocycles. The largest absolute Gasteiger partial charge is 0.489 e. The van der Waals surface area contributed by atoms with Gasteiger partial charge in [0.2, 0.25) is 0 Å². The third kappa shape index (κ3) is 3.26. The highest BCUT2D eigenvalue weighted by Gasteiger charge is 2.53. The Balaban J connectivity index is 1.49. The average Bonchev–Trinajstić information content (AvgIpc) is 3.10. The normalized spacial score (nSPS) is 22.8. The number of hydrogen-bond donors (Lipinski definition) is 2. The lowest BCUT2D eigenvalue weighted by atomic mass is 10.1. The van der Waals surface area contributed by atoms with Gasteiger partial charge in [-0.15, -0.1) is 0 Å². The standard InChI is InChI=1S/C22H24N6O2/c1-22(2,29)12-30-15-5-16(21-14(6-23)8-26-28(21)9-15)13-3-4-19(25-7-13)27-10-17-18(11-27)20(17)24/h3-5,7-9,17-18,20,29H,10-12,24H2,1-2H3/t17-,18+,20?. The zero-order valence-electron chi connectivity index (χ0n) is 17.0. The van der Waals surface area contributed by atoms with E-state index in [9.17, 15) is 10.4 Å². The van der Waals surface area contributed by atoms with Gasteiger partial charge in [-0.2, -0.15) is 10.4 Å². The van der Waals surface area contributed by atoms with Gasteiger partial charge in [-0.05, 0) is 43.9 Å². The summed E-state index contributed by atoms with van der Waals surface area (Å²) in [5.41, 5.74) is 7.95. The van der Waals surface area contributed by atoms with Crippen LogP contribution in [0.3, 0.4) is 0 Å². The van der Waals surface area contributed by atoms with Crippen LogP contribution < -0.4 is 15.4 Å². The molecule has 0 aromatic carbocycles. The smallest absolute Gasteiger partial charge is 0.138 e.